The number of carbonyl (C=O) groups excluding carboxylic acids is 2. The molecule has 1 aliphatic heterocycles. The van der Waals surface area contributed by atoms with E-state index in [1.807, 2.05) is 0 Å². The van der Waals surface area contributed by atoms with Crippen molar-refractivity contribution >= 4 is 11.7 Å². The zero-order valence-electron chi connectivity index (χ0n) is 7.69. The van der Waals surface area contributed by atoms with E-state index in [4.69, 9.17) is 4.52 Å². The average molecular weight is 195 g/mol. The minimum Gasteiger partial charge on any atom is -0.340 e. The summed E-state index contributed by atoms with van der Waals surface area (Å²) >= 11 is 0. The van der Waals surface area contributed by atoms with E-state index in [0.717, 1.165) is 0 Å². The Morgan fingerprint density at radius 2 is 2.29 bits per heavy atom. The Labute approximate surface area is 79.9 Å². The summed E-state index contributed by atoms with van der Waals surface area (Å²) in [6, 6.07) is 0. The highest BCUT2D eigenvalue weighted by Crippen LogP contribution is 2.09. The van der Waals surface area contributed by atoms with Crippen molar-refractivity contribution in [1.82, 2.24) is 15.0 Å². The van der Waals surface area contributed by atoms with Crippen LogP contribution in [-0.4, -0.2) is 33.3 Å². The number of nitrogens with zero attached hydrogens (tertiary/aromatic N) is 3. The van der Waals surface area contributed by atoms with Crippen molar-refractivity contribution in [3.8, 4) is 0 Å². The normalized spacial score (nSPS) is 16.8. The van der Waals surface area contributed by atoms with Crippen LogP contribution in [0, 0.1) is 6.92 Å². The summed E-state index contributed by atoms with van der Waals surface area (Å²) in [7, 11) is 0. The maximum absolute atomic E-state index is 11.2. The monoisotopic (exact) mass is 195 g/mol. The molecule has 0 spiro atoms. The number of aromatic nitrogens is 2. The van der Waals surface area contributed by atoms with Crippen molar-refractivity contribution in [3.63, 3.8) is 0 Å². The molecule has 2 rings (SSSR count). The molecule has 0 radical (unpaired) electrons. The van der Waals surface area contributed by atoms with Crippen LogP contribution in [0.2, 0.25) is 0 Å². The van der Waals surface area contributed by atoms with Crippen molar-refractivity contribution in [1.29, 1.82) is 0 Å². The van der Waals surface area contributed by atoms with Gasteiger partial charge >= 0.3 is 0 Å². The standard InChI is InChI=1S/C8H9N3O3/c1-5-9-7(10-14-5)4-11-3-2-6(12)8(11)13/h2-4H2,1H3. The minimum absolute atomic E-state index is 0.252. The van der Waals surface area contributed by atoms with Gasteiger partial charge in [0.05, 0.1) is 6.54 Å². The Bertz CT molecular complexity index is 385. The van der Waals surface area contributed by atoms with Gasteiger partial charge < -0.3 is 9.42 Å². The highest BCUT2D eigenvalue weighted by molar-refractivity contribution is 6.37. The van der Waals surface area contributed by atoms with Crippen LogP contribution >= 0.6 is 0 Å². The number of aryl methyl sites for hydroxylation is 1. The van der Waals surface area contributed by atoms with Crippen LogP contribution in [0.15, 0.2) is 4.52 Å². The number of hydrogen-bond acceptors (Lipinski definition) is 5. The molecule has 0 unspecified atom stereocenters. The first-order valence-electron chi connectivity index (χ1n) is 4.28. The first kappa shape index (κ1) is 8.86. The molecule has 1 fully saturated rings. The molecule has 0 saturated carbocycles. The lowest BCUT2D eigenvalue weighted by Crippen LogP contribution is -2.27. The van der Waals surface area contributed by atoms with E-state index in [1.54, 1.807) is 6.92 Å². The van der Waals surface area contributed by atoms with E-state index >= 15 is 0 Å². The van der Waals surface area contributed by atoms with Gasteiger partial charge in [0.15, 0.2) is 5.82 Å². The maximum Gasteiger partial charge on any atom is 0.290 e. The lowest BCUT2D eigenvalue weighted by Gasteiger charge is -2.10. The molecule has 1 saturated heterocycles. The van der Waals surface area contributed by atoms with E-state index in [1.165, 1.54) is 4.90 Å². The number of ketones is 1. The second-order valence-electron chi connectivity index (χ2n) is 3.13. The first-order chi connectivity index (χ1) is 6.66. The van der Waals surface area contributed by atoms with Crippen LogP contribution in [0.4, 0.5) is 0 Å². The summed E-state index contributed by atoms with van der Waals surface area (Å²) in [4.78, 5) is 27.5. The molecule has 1 aromatic rings. The molecule has 6 nitrogen and oxygen atoms in total. The summed E-state index contributed by atoms with van der Waals surface area (Å²) in [5, 5.41) is 3.65. The molecular formula is C8H9N3O3. The molecule has 2 heterocycles. The second kappa shape index (κ2) is 3.21. The molecule has 14 heavy (non-hydrogen) atoms. The molecule has 1 aromatic heterocycles. The zero-order chi connectivity index (χ0) is 10.1. The minimum atomic E-state index is -0.451. The number of carbonyl (C=O) groups is 2. The number of hydrogen-bond donors (Lipinski definition) is 0. The van der Waals surface area contributed by atoms with E-state index in [2.05, 4.69) is 10.1 Å². The third-order valence-electron chi connectivity index (χ3n) is 2.04. The van der Waals surface area contributed by atoms with Gasteiger partial charge in [-0.05, 0) is 0 Å². The van der Waals surface area contributed by atoms with Crippen molar-refractivity contribution in [2.45, 2.75) is 19.9 Å². The Morgan fingerprint density at radius 3 is 2.79 bits per heavy atom. The van der Waals surface area contributed by atoms with Gasteiger partial charge in [-0.3, -0.25) is 9.59 Å². The highest BCUT2D eigenvalue weighted by atomic mass is 16.5. The topological polar surface area (TPSA) is 76.3 Å². The molecule has 0 bridgehead atoms. The molecule has 1 amide bonds. The van der Waals surface area contributed by atoms with Crippen LogP contribution in [0.5, 0.6) is 0 Å². The van der Waals surface area contributed by atoms with Crippen LogP contribution in [0.3, 0.4) is 0 Å². The number of amides is 1. The smallest absolute Gasteiger partial charge is 0.290 e. The fourth-order valence-corrected chi connectivity index (χ4v) is 1.35. The van der Waals surface area contributed by atoms with Gasteiger partial charge in [0.2, 0.25) is 11.7 Å². The highest BCUT2D eigenvalue weighted by Gasteiger charge is 2.29. The SMILES string of the molecule is Cc1nc(CN2CCC(=O)C2=O)no1. The Kier molecular flexibility index (Phi) is 2.03. The third kappa shape index (κ3) is 1.50. The molecule has 0 aromatic carbocycles. The van der Waals surface area contributed by atoms with Crippen molar-refractivity contribution in [2.75, 3.05) is 6.54 Å². The second-order valence-corrected chi connectivity index (χ2v) is 3.13. The van der Waals surface area contributed by atoms with Crippen LogP contribution in [0.25, 0.3) is 0 Å². The van der Waals surface area contributed by atoms with Gasteiger partial charge in [0, 0.05) is 19.9 Å². The molecule has 6 heteroatoms. The summed E-state index contributed by atoms with van der Waals surface area (Å²) in [5.41, 5.74) is 0. The van der Waals surface area contributed by atoms with E-state index in [-0.39, 0.29) is 18.7 Å². The van der Waals surface area contributed by atoms with E-state index in [0.29, 0.717) is 18.3 Å². The number of likely N-dealkylation sites (tertiary alicyclic amines) is 1. The number of rotatable bonds is 2. The molecule has 0 N–H and O–H groups in total. The Hall–Kier alpha value is -1.72. The molecular weight excluding hydrogens is 186 g/mol. The number of Topliss-reactive ketones (excluding diaryl/α,β-unsaturated/α-hetero) is 1. The Balaban J connectivity index is 2.05. The zero-order valence-corrected chi connectivity index (χ0v) is 7.69. The van der Waals surface area contributed by atoms with Crippen LogP contribution < -0.4 is 0 Å². The average Bonchev–Trinajstić information content (AvgIpc) is 2.67. The van der Waals surface area contributed by atoms with Crippen LogP contribution in [0.1, 0.15) is 18.1 Å². The summed E-state index contributed by atoms with van der Waals surface area (Å²) < 4.78 is 4.75. The van der Waals surface area contributed by atoms with Gasteiger partial charge in [-0.2, -0.15) is 4.98 Å². The van der Waals surface area contributed by atoms with Gasteiger partial charge in [0.1, 0.15) is 0 Å². The quantitative estimate of drug-likeness (QED) is 0.604. The molecule has 1 aliphatic rings. The Morgan fingerprint density at radius 1 is 1.50 bits per heavy atom. The van der Waals surface area contributed by atoms with Crippen molar-refractivity contribution < 1.29 is 14.1 Å². The largest absolute Gasteiger partial charge is 0.340 e. The molecule has 74 valence electrons. The fraction of sp³-hybridized carbons (Fsp3) is 0.500. The first-order valence-corrected chi connectivity index (χ1v) is 4.28. The summed E-state index contributed by atoms with van der Waals surface area (Å²) in [6.45, 7) is 2.38. The lowest BCUT2D eigenvalue weighted by molar-refractivity contribution is -0.140. The van der Waals surface area contributed by atoms with Gasteiger partial charge in [-0.25, -0.2) is 0 Å². The molecule has 0 atom stereocenters. The summed E-state index contributed by atoms with van der Waals surface area (Å²) in [6.07, 6.45) is 0.287. The van der Waals surface area contributed by atoms with Crippen molar-refractivity contribution in [2.24, 2.45) is 0 Å². The maximum atomic E-state index is 11.2. The van der Waals surface area contributed by atoms with Crippen molar-refractivity contribution in [3.05, 3.63) is 11.7 Å². The van der Waals surface area contributed by atoms with Gasteiger partial charge in [-0.15, -0.1) is 0 Å². The van der Waals surface area contributed by atoms with Gasteiger partial charge in [-0.1, -0.05) is 5.16 Å². The predicted octanol–water partition coefficient (Wildman–Crippen LogP) is -0.321. The van der Waals surface area contributed by atoms with E-state index < -0.39 is 5.91 Å². The fourth-order valence-electron chi connectivity index (χ4n) is 1.35. The van der Waals surface area contributed by atoms with Crippen LogP contribution in [-0.2, 0) is 16.1 Å². The third-order valence-corrected chi connectivity index (χ3v) is 2.04. The lowest BCUT2D eigenvalue weighted by atomic mass is 10.3. The summed E-state index contributed by atoms with van der Waals surface area (Å²) in [5.74, 6) is 0.0983. The predicted molar refractivity (Wildman–Crippen MR) is 44.1 cm³/mol. The van der Waals surface area contributed by atoms with E-state index in [9.17, 15) is 9.59 Å². The molecule has 0 aliphatic carbocycles. The van der Waals surface area contributed by atoms with Gasteiger partial charge in [0.25, 0.3) is 5.91 Å².